The summed E-state index contributed by atoms with van der Waals surface area (Å²) in [5.74, 6) is -0.894. The minimum absolute atomic E-state index is 0.0773. The van der Waals surface area contributed by atoms with Crippen molar-refractivity contribution in [3.8, 4) is 0 Å². The number of allylic oxidation sites excluding steroid dienone is 8. The molecule has 0 aromatic carbocycles. The molecule has 0 aliphatic heterocycles. The lowest BCUT2D eigenvalue weighted by molar-refractivity contribution is -0.167. The van der Waals surface area contributed by atoms with Crippen molar-refractivity contribution in [2.75, 3.05) is 13.2 Å². The number of rotatable bonds is 46. The minimum Gasteiger partial charge on any atom is -0.462 e. The number of carbonyl (C=O) groups excluding carboxylic acids is 3. The quantitative estimate of drug-likeness (QED) is 0.0263. The summed E-state index contributed by atoms with van der Waals surface area (Å²) < 4.78 is 16.8. The molecule has 0 aliphatic carbocycles. The van der Waals surface area contributed by atoms with Gasteiger partial charge in [0.15, 0.2) is 6.10 Å². The Morgan fingerprint density at radius 1 is 0.350 bits per heavy atom. The Hall–Kier alpha value is -2.63. The van der Waals surface area contributed by atoms with Crippen molar-refractivity contribution in [1.82, 2.24) is 0 Å². The zero-order chi connectivity index (χ0) is 43.7. The van der Waals surface area contributed by atoms with Crippen LogP contribution in [0.15, 0.2) is 48.6 Å². The Bertz CT molecular complexity index is 1060. The van der Waals surface area contributed by atoms with Crippen molar-refractivity contribution in [3.63, 3.8) is 0 Å². The molecule has 1 atom stereocenters. The average Bonchev–Trinajstić information content (AvgIpc) is 3.24. The van der Waals surface area contributed by atoms with Gasteiger partial charge in [0.2, 0.25) is 0 Å². The molecule has 348 valence electrons. The van der Waals surface area contributed by atoms with Gasteiger partial charge in [-0.1, -0.05) is 230 Å². The first-order valence-electron chi connectivity index (χ1n) is 25.6. The molecular formula is C54H96O6. The molecule has 0 saturated heterocycles. The first-order chi connectivity index (χ1) is 29.5. The van der Waals surface area contributed by atoms with Crippen LogP contribution in [0.5, 0.6) is 0 Å². The van der Waals surface area contributed by atoms with Gasteiger partial charge >= 0.3 is 17.9 Å². The number of unbranched alkanes of at least 4 members (excludes halogenated alkanes) is 27. The van der Waals surface area contributed by atoms with E-state index in [0.29, 0.717) is 19.3 Å². The standard InChI is InChI=1S/C54H96O6/c1-4-7-10-13-16-19-22-25-26-27-28-30-33-35-38-41-44-47-53(56)59-50-51(60-54(57)48-45-42-39-36-31-24-21-18-15-12-9-6-3)49-58-52(55)46-43-40-37-34-32-29-23-20-17-14-11-8-5-2/h7,10,16,19,25-26,28,30,51H,4-6,8-9,11-15,17-18,20-24,27,29,31-50H2,1-3H3/b10-7-,19-16-,26-25-,30-28-/t51-/m0/s1. The highest BCUT2D eigenvalue weighted by Crippen LogP contribution is 2.15. The summed E-state index contributed by atoms with van der Waals surface area (Å²) in [6.45, 7) is 6.51. The van der Waals surface area contributed by atoms with E-state index in [1.54, 1.807) is 0 Å². The fourth-order valence-electron chi connectivity index (χ4n) is 7.26. The van der Waals surface area contributed by atoms with Crippen molar-refractivity contribution in [1.29, 1.82) is 0 Å². The van der Waals surface area contributed by atoms with Gasteiger partial charge in [-0.15, -0.1) is 0 Å². The van der Waals surface area contributed by atoms with Crippen LogP contribution in [-0.4, -0.2) is 37.2 Å². The minimum atomic E-state index is -0.777. The fourth-order valence-corrected chi connectivity index (χ4v) is 7.26. The number of hydrogen-bond donors (Lipinski definition) is 0. The molecule has 0 unspecified atom stereocenters. The van der Waals surface area contributed by atoms with Crippen molar-refractivity contribution in [2.45, 2.75) is 264 Å². The Morgan fingerprint density at radius 2 is 0.650 bits per heavy atom. The smallest absolute Gasteiger partial charge is 0.306 e. The van der Waals surface area contributed by atoms with Gasteiger partial charge in [0.1, 0.15) is 13.2 Å². The summed E-state index contributed by atoms with van der Waals surface area (Å²) >= 11 is 0. The molecule has 6 heteroatoms. The largest absolute Gasteiger partial charge is 0.462 e. The van der Waals surface area contributed by atoms with E-state index in [-0.39, 0.29) is 31.1 Å². The van der Waals surface area contributed by atoms with Gasteiger partial charge in [-0.2, -0.15) is 0 Å². The van der Waals surface area contributed by atoms with Gasteiger partial charge in [0.05, 0.1) is 0 Å². The summed E-state index contributed by atoms with van der Waals surface area (Å²) in [4.78, 5) is 37.9. The molecule has 0 aromatic heterocycles. The molecule has 0 N–H and O–H groups in total. The van der Waals surface area contributed by atoms with Crippen LogP contribution in [0.2, 0.25) is 0 Å². The van der Waals surface area contributed by atoms with E-state index in [1.807, 2.05) is 0 Å². The molecule has 0 saturated carbocycles. The lowest BCUT2D eigenvalue weighted by Crippen LogP contribution is -2.30. The maximum absolute atomic E-state index is 12.8. The first kappa shape index (κ1) is 57.4. The Morgan fingerprint density at radius 3 is 1.02 bits per heavy atom. The molecular weight excluding hydrogens is 745 g/mol. The van der Waals surface area contributed by atoms with E-state index >= 15 is 0 Å². The summed E-state index contributed by atoms with van der Waals surface area (Å²) in [6, 6.07) is 0. The van der Waals surface area contributed by atoms with E-state index < -0.39 is 6.10 Å². The second-order valence-corrected chi connectivity index (χ2v) is 17.1. The molecule has 0 aromatic rings. The monoisotopic (exact) mass is 841 g/mol. The highest BCUT2D eigenvalue weighted by molar-refractivity contribution is 5.71. The van der Waals surface area contributed by atoms with Crippen molar-refractivity contribution < 1.29 is 28.6 Å². The van der Waals surface area contributed by atoms with E-state index in [2.05, 4.69) is 69.4 Å². The number of esters is 3. The van der Waals surface area contributed by atoms with Gasteiger partial charge in [-0.3, -0.25) is 14.4 Å². The third kappa shape index (κ3) is 46.4. The van der Waals surface area contributed by atoms with Crippen molar-refractivity contribution in [3.05, 3.63) is 48.6 Å². The maximum atomic E-state index is 12.8. The lowest BCUT2D eigenvalue weighted by Gasteiger charge is -2.18. The normalized spacial score (nSPS) is 12.4. The zero-order valence-electron chi connectivity index (χ0n) is 39.7. The highest BCUT2D eigenvalue weighted by Gasteiger charge is 2.19. The third-order valence-electron chi connectivity index (χ3n) is 11.1. The van der Waals surface area contributed by atoms with Gasteiger partial charge < -0.3 is 14.2 Å². The zero-order valence-corrected chi connectivity index (χ0v) is 39.7. The molecule has 0 fully saturated rings. The first-order valence-corrected chi connectivity index (χ1v) is 25.6. The number of ether oxygens (including phenoxy) is 3. The molecule has 0 amide bonds. The fraction of sp³-hybridized carbons (Fsp3) is 0.796. The van der Waals surface area contributed by atoms with E-state index in [4.69, 9.17) is 14.2 Å². The summed E-state index contributed by atoms with van der Waals surface area (Å²) in [5.41, 5.74) is 0. The Labute approximate surface area is 371 Å². The maximum Gasteiger partial charge on any atom is 0.306 e. The van der Waals surface area contributed by atoms with E-state index in [1.165, 1.54) is 122 Å². The summed E-state index contributed by atoms with van der Waals surface area (Å²) in [6.07, 6.45) is 58.0. The summed E-state index contributed by atoms with van der Waals surface area (Å²) in [7, 11) is 0. The molecule has 0 aliphatic rings. The van der Waals surface area contributed by atoms with Crippen molar-refractivity contribution in [2.24, 2.45) is 0 Å². The van der Waals surface area contributed by atoms with E-state index in [9.17, 15) is 14.4 Å². The SMILES string of the molecule is CC/C=C\C/C=C\C/C=C\C/C=C\CCCCCCC(=O)OC[C@H](COC(=O)CCCCCCCCCCCCCCC)OC(=O)CCCCCCCCCCCCCC. The predicted molar refractivity (Wildman–Crippen MR) is 256 cm³/mol. The second-order valence-electron chi connectivity index (χ2n) is 17.1. The third-order valence-corrected chi connectivity index (χ3v) is 11.1. The molecule has 0 rings (SSSR count). The molecule has 60 heavy (non-hydrogen) atoms. The van der Waals surface area contributed by atoms with Crippen LogP contribution in [0.4, 0.5) is 0 Å². The number of carbonyl (C=O) groups is 3. The van der Waals surface area contributed by atoms with Crippen LogP contribution in [0, 0.1) is 0 Å². The molecule has 0 radical (unpaired) electrons. The Kier molecular flexibility index (Phi) is 46.9. The molecule has 0 spiro atoms. The van der Waals surface area contributed by atoms with E-state index in [0.717, 1.165) is 96.3 Å². The second kappa shape index (κ2) is 49.0. The average molecular weight is 841 g/mol. The van der Waals surface area contributed by atoms with Crippen LogP contribution < -0.4 is 0 Å². The van der Waals surface area contributed by atoms with Crippen LogP contribution in [-0.2, 0) is 28.6 Å². The van der Waals surface area contributed by atoms with Crippen molar-refractivity contribution >= 4 is 17.9 Å². The van der Waals surface area contributed by atoms with Crippen LogP contribution in [0.25, 0.3) is 0 Å². The van der Waals surface area contributed by atoms with Gasteiger partial charge in [-0.05, 0) is 57.8 Å². The number of hydrogen-bond acceptors (Lipinski definition) is 6. The Balaban J connectivity index is 4.38. The molecule has 0 bridgehead atoms. The molecule has 0 heterocycles. The van der Waals surface area contributed by atoms with Crippen LogP contribution in [0.1, 0.15) is 258 Å². The lowest BCUT2D eigenvalue weighted by atomic mass is 10.0. The predicted octanol–water partition coefficient (Wildman–Crippen LogP) is 16.7. The van der Waals surface area contributed by atoms with Gasteiger partial charge in [-0.25, -0.2) is 0 Å². The van der Waals surface area contributed by atoms with Crippen LogP contribution in [0.3, 0.4) is 0 Å². The highest BCUT2D eigenvalue weighted by atomic mass is 16.6. The summed E-state index contributed by atoms with van der Waals surface area (Å²) in [5, 5.41) is 0. The van der Waals surface area contributed by atoms with Gasteiger partial charge in [0.25, 0.3) is 0 Å². The molecule has 6 nitrogen and oxygen atoms in total. The topological polar surface area (TPSA) is 78.9 Å². The van der Waals surface area contributed by atoms with Gasteiger partial charge in [0, 0.05) is 19.3 Å². The van der Waals surface area contributed by atoms with Crippen LogP contribution >= 0.6 is 0 Å².